The Morgan fingerprint density at radius 1 is 1.11 bits per heavy atom. The number of carbonyl (C=O) groups is 4. The van der Waals surface area contributed by atoms with Crippen LogP contribution < -0.4 is 5.32 Å². The third kappa shape index (κ3) is 5.79. The Kier molecular flexibility index (Phi) is 8.28. The van der Waals surface area contributed by atoms with Crippen LogP contribution in [-0.4, -0.2) is 87.1 Å². The lowest BCUT2D eigenvalue weighted by Gasteiger charge is -2.54. The van der Waals surface area contributed by atoms with Crippen molar-refractivity contribution in [1.29, 1.82) is 0 Å². The maximum absolute atomic E-state index is 13.5. The molecule has 2 heterocycles. The van der Waals surface area contributed by atoms with Crippen LogP contribution in [0.1, 0.15) is 30.4 Å². The van der Waals surface area contributed by atoms with Gasteiger partial charge in [-0.3, -0.25) is 14.4 Å². The van der Waals surface area contributed by atoms with Crippen molar-refractivity contribution in [2.24, 2.45) is 0 Å². The molecule has 10 nitrogen and oxygen atoms in total. The smallest absolute Gasteiger partial charge is 0.334 e. The molecule has 2 aliphatic rings. The molecule has 198 valence electrons. The van der Waals surface area contributed by atoms with Crippen molar-refractivity contribution in [3.05, 3.63) is 71.8 Å². The summed E-state index contributed by atoms with van der Waals surface area (Å²) in [6, 6.07) is 17.3. The zero-order valence-corrected chi connectivity index (χ0v) is 21.2. The van der Waals surface area contributed by atoms with Crippen LogP contribution in [0.25, 0.3) is 0 Å². The number of benzene rings is 2. The fraction of sp³-hybridized carbons (Fsp3) is 0.357. The number of carboxylic acids is 1. The van der Waals surface area contributed by atoms with Crippen molar-refractivity contribution in [2.75, 3.05) is 26.2 Å². The third-order valence-electron chi connectivity index (χ3n) is 6.83. The molecule has 2 aromatic carbocycles. The number of hydrogen-bond acceptors (Lipinski definition) is 5. The molecule has 4 rings (SSSR count). The lowest BCUT2D eigenvalue weighted by atomic mass is 9.98. The summed E-state index contributed by atoms with van der Waals surface area (Å²) in [6.07, 6.45) is 4.08. The summed E-state index contributed by atoms with van der Waals surface area (Å²) in [6.45, 7) is 2.29. The number of aliphatic carboxylic acids is 1. The topological polar surface area (TPSA) is 114 Å². The molecule has 0 radical (unpaired) electrons. The van der Waals surface area contributed by atoms with Crippen molar-refractivity contribution in [1.82, 2.24) is 25.1 Å². The lowest BCUT2D eigenvalue weighted by Crippen LogP contribution is -2.76. The van der Waals surface area contributed by atoms with Crippen molar-refractivity contribution in [3.63, 3.8) is 0 Å². The number of hydrogen-bond donors (Lipinski definition) is 2. The molecule has 0 aliphatic carbocycles. The van der Waals surface area contributed by atoms with Crippen LogP contribution in [-0.2, 0) is 20.9 Å². The second-order valence-corrected chi connectivity index (χ2v) is 9.47. The number of amides is 4. The standard InChI is InChI=1S/C28H31N5O5/c1-3-14-31-19-25(34)32-23(15-26(35)36)27(37)30(17-20(2)22-12-8-5-9-13-22)18-24(32)33(31)28(38)29-16-21-10-6-4-7-11-21/h1,4-13,20,23-24H,14-19H2,2H3,(H,29,38)(H,35,36)/t20?,23-,24-/m0/s1. The summed E-state index contributed by atoms with van der Waals surface area (Å²) in [5, 5.41) is 15.3. The van der Waals surface area contributed by atoms with E-state index in [4.69, 9.17) is 6.42 Å². The van der Waals surface area contributed by atoms with Gasteiger partial charge in [-0.2, -0.15) is 5.01 Å². The summed E-state index contributed by atoms with van der Waals surface area (Å²) in [5.41, 5.74) is 1.90. The Morgan fingerprint density at radius 2 is 1.76 bits per heavy atom. The molecule has 0 bridgehead atoms. The zero-order valence-electron chi connectivity index (χ0n) is 21.2. The second kappa shape index (κ2) is 11.8. The molecule has 4 amide bonds. The third-order valence-corrected chi connectivity index (χ3v) is 6.83. The first kappa shape index (κ1) is 26.7. The molecule has 2 N–H and O–H groups in total. The van der Waals surface area contributed by atoms with Gasteiger partial charge in [-0.25, -0.2) is 9.80 Å². The molecule has 0 spiro atoms. The normalized spacial score (nSPS) is 20.5. The minimum absolute atomic E-state index is 0.00714. The SMILES string of the molecule is C#CCN1CC(=O)N2[C@@H](CC(=O)O)C(=O)N(CC(C)c3ccccc3)C[C@@H]2N1C(=O)NCc1ccccc1. The highest BCUT2D eigenvalue weighted by molar-refractivity contribution is 5.93. The average Bonchev–Trinajstić information content (AvgIpc) is 2.90. The van der Waals surface area contributed by atoms with Gasteiger partial charge >= 0.3 is 12.0 Å². The molecule has 0 saturated carbocycles. The lowest BCUT2D eigenvalue weighted by molar-refractivity contribution is -0.190. The van der Waals surface area contributed by atoms with E-state index in [-0.39, 0.29) is 32.1 Å². The van der Waals surface area contributed by atoms with Crippen molar-refractivity contribution < 1.29 is 24.3 Å². The van der Waals surface area contributed by atoms with Crippen LogP contribution in [0.15, 0.2) is 60.7 Å². The minimum Gasteiger partial charge on any atom is -0.481 e. The molecule has 10 heteroatoms. The number of nitrogens with zero attached hydrogens (tertiary/aromatic N) is 4. The van der Waals surface area contributed by atoms with E-state index in [1.165, 1.54) is 14.9 Å². The molecular formula is C28H31N5O5. The van der Waals surface area contributed by atoms with E-state index in [1.807, 2.05) is 67.6 Å². The van der Waals surface area contributed by atoms with E-state index < -0.39 is 42.4 Å². The quantitative estimate of drug-likeness (QED) is 0.516. The summed E-state index contributed by atoms with van der Waals surface area (Å²) in [7, 11) is 0. The summed E-state index contributed by atoms with van der Waals surface area (Å²) in [5.74, 6) is 0.322. The maximum atomic E-state index is 13.5. The molecular weight excluding hydrogens is 486 g/mol. The van der Waals surface area contributed by atoms with E-state index in [0.717, 1.165) is 11.1 Å². The Hall–Kier alpha value is -4.36. The van der Waals surface area contributed by atoms with E-state index in [2.05, 4.69) is 11.2 Å². The van der Waals surface area contributed by atoms with Gasteiger partial charge in [-0.1, -0.05) is 73.5 Å². The Bertz CT molecular complexity index is 1220. The van der Waals surface area contributed by atoms with Crippen LogP contribution in [0, 0.1) is 12.3 Å². The monoisotopic (exact) mass is 517 g/mol. The van der Waals surface area contributed by atoms with Crippen LogP contribution in [0.3, 0.4) is 0 Å². The number of terminal acetylenes is 1. The Labute approximate surface area is 221 Å². The van der Waals surface area contributed by atoms with E-state index in [1.54, 1.807) is 4.90 Å². The van der Waals surface area contributed by atoms with Gasteiger partial charge in [0.15, 0.2) is 0 Å². The van der Waals surface area contributed by atoms with Gasteiger partial charge in [0.05, 0.1) is 26.1 Å². The molecule has 2 aromatic rings. The largest absolute Gasteiger partial charge is 0.481 e. The summed E-state index contributed by atoms with van der Waals surface area (Å²) >= 11 is 0. The van der Waals surface area contributed by atoms with Gasteiger partial charge < -0.3 is 20.2 Å². The van der Waals surface area contributed by atoms with E-state index >= 15 is 0 Å². The van der Waals surface area contributed by atoms with Crippen LogP contribution >= 0.6 is 0 Å². The molecule has 2 aliphatic heterocycles. The predicted octanol–water partition coefficient (Wildman–Crippen LogP) is 1.71. The molecule has 38 heavy (non-hydrogen) atoms. The molecule has 1 unspecified atom stereocenters. The zero-order chi connectivity index (χ0) is 27.2. The van der Waals surface area contributed by atoms with Crippen LogP contribution in [0.5, 0.6) is 0 Å². The number of rotatable bonds is 8. The van der Waals surface area contributed by atoms with Gasteiger partial charge in [0.1, 0.15) is 12.2 Å². The number of carboxylic acid groups (broad SMARTS) is 1. The average molecular weight is 518 g/mol. The van der Waals surface area contributed by atoms with Crippen LogP contribution in [0.2, 0.25) is 0 Å². The fourth-order valence-corrected chi connectivity index (χ4v) is 5.04. The van der Waals surface area contributed by atoms with Crippen LogP contribution in [0.4, 0.5) is 4.79 Å². The molecule has 2 saturated heterocycles. The number of carbonyl (C=O) groups excluding carboxylic acids is 3. The fourth-order valence-electron chi connectivity index (χ4n) is 5.04. The maximum Gasteiger partial charge on any atom is 0.334 e. The molecule has 3 atom stereocenters. The Morgan fingerprint density at radius 3 is 2.39 bits per heavy atom. The number of hydrazine groups is 1. The van der Waals surface area contributed by atoms with Gasteiger partial charge in [0.25, 0.3) is 0 Å². The molecule has 0 aromatic heterocycles. The van der Waals surface area contributed by atoms with Crippen molar-refractivity contribution >= 4 is 23.8 Å². The molecule has 2 fully saturated rings. The number of urea groups is 1. The highest BCUT2D eigenvalue weighted by atomic mass is 16.4. The second-order valence-electron chi connectivity index (χ2n) is 9.47. The number of piperazine rings is 1. The van der Waals surface area contributed by atoms with E-state index in [9.17, 15) is 24.3 Å². The van der Waals surface area contributed by atoms with Gasteiger partial charge in [-0.05, 0) is 17.0 Å². The number of fused-ring (bicyclic) bond motifs is 1. The van der Waals surface area contributed by atoms with Gasteiger partial charge in [0, 0.05) is 13.1 Å². The number of nitrogens with one attached hydrogen (secondary N) is 1. The van der Waals surface area contributed by atoms with Gasteiger partial charge in [0.2, 0.25) is 11.8 Å². The summed E-state index contributed by atoms with van der Waals surface area (Å²) in [4.78, 5) is 54.8. The first-order valence-corrected chi connectivity index (χ1v) is 12.5. The predicted molar refractivity (Wildman–Crippen MR) is 139 cm³/mol. The van der Waals surface area contributed by atoms with Gasteiger partial charge in [-0.15, -0.1) is 6.42 Å². The Balaban J connectivity index is 1.65. The first-order valence-electron chi connectivity index (χ1n) is 12.5. The minimum atomic E-state index is -1.24. The van der Waals surface area contributed by atoms with Crippen molar-refractivity contribution in [2.45, 2.75) is 38.0 Å². The van der Waals surface area contributed by atoms with E-state index in [0.29, 0.717) is 6.54 Å². The highest BCUT2D eigenvalue weighted by Crippen LogP contribution is 2.29. The van der Waals surface area contributed by atoms with Crippen molar-refractivity contribution in [3.8, 4) is 12.3 Å². The highest BCUT2D eigenvalue weighted by Gasteiger charge is 2.52. The first-order chi connectivity index (χ1) is 18.3. The summed E-state index contributed by atoms with van der Waals surface area (Å²) < 4.78 is 0.